The van der Waals surface area contributed by atoms with E-state index in [9.17, 15) is 18.4 Å². The van der Waals surface area contributed by atoms with Gasteiger partial charge in [0.05, 0.1) is 18.7 Å². The summed E-state index contributed by atoms with van der Waals surface area (Å²) in [4.78, 5) is 29.2. The minimum absolute atomic E-state index is 0.105. The highest BCUT2D eigenvalue weighted by atomic mass is 19.2. The molecule has 2 saturated heterocycles. The summed E-state index contributed by atoms with van der Waals surface area (Å²) in [7, 11) is 0. The fourth-order valence-electron chi connectivity index (χ4n) is 4.67. The second-order valence-corrected chi connectivity index (χ2v) is 9.86. The van der Waals surface area contributed by atoms with E-state index in [1.165, 1.54) is 6.07 Å². The SMILES string of the molecule is CC.CC(C)(C)OC(=O)N1CC[C@@H]2[C@H]1[C@@H](COc1ccc(F)c(F)c1)CN2C(=O)OCc1ccccc1. The molecule has 0 radical (unpaired) electrons. The van der Waals surface area contributed by atoms with Crippen LogP contribution < -0.4 is 4.74 Å². The highest BCUT2D eigenvalue weighted by Gasteiger charge is 2.53. The van der Waals surface area contributed by atoms with Crippen LogP contribution in [0.3, 0.4) is 0 Å². The minimum Gasteiger partial charge on any atom is -0.493 e. The molecule has 7 nitrogen and oxygen atoms in total. The summed E-state index contributed by atoms with van der Waals surface area (Å²) in [6.45, 7) is 10.4. The molecule has 202 valence electrons. The molecule has 4 rings (SSSR count). The molecule has 0 aromatic heterocycles. The summed E-state index contributed by atoms with van der Waals surface area (Å²) in [6.07, 6.45) is -0.348. The first kappa shape index (κ1) is 28.2. The lowest BCUT2D eigenvalue weighted by molar-refractivity contribution is 0.0172. The van der Waals surface area contributed by atoms with E-state index in [2.05, 4.69) is 0 Å². The van der Waals surface area contributed by atoms with Crippen molar-refractivity contribution in [3.63, 3.8) is 0 Å². The summed E-state index contributed by atoms with van der Waals surface area (Å²) in [5.41, 5.74) is 0.205. The standard InChI is InChI=1S/C26H30F2N2O5.C2H6/c1-26(2,3)35-25(32)29-12-11-22-23(29)18(16-33-19-9-10-20(27)21(28)13-19)14-30(22)24(31)34-15-17-7-5-4-6-8-17;1-2/h4-10,13,18,22-23H,11-12,14-16H2,1-3H3;1-2H3/t18-,22-,23-;/m1./s1. The van der Waals surface area contributed by atoms with E-state index < -0.39 is 29.4 Å². The van der Waals surface area contributed by atoms with Gasteiger partial charge in [-0.1, -0.05) is 44.2 Å². The number of amides is 2. The molecule has 2 fully saturated rings. The van der Waals surface area contributed by atoms with E-state index in [1.807, 2.05) is 44.2 Å². The zero-order valence-corrected chi connectivity index (χ0v) is 22.1. The average molecular weight is 519 g/mol. The highest BCUT2D eigenvalue weighted by molar-refractivity contribution is 5.72. The fraction of sp³-hybridized carbons (Fsp3) is 0.500. The molecule has 2 heterocycles. The molecular weight excluding hydrogens is 482 g/mol. The molecule has 0 aliphatic carbocycles. The maximum Gasteiger partial charge on any atom is 0.410 e. The van der Waals surface area contributed by atoms with Gasteiger partial charge in [0.2, 0.25) is 0 Å². The molecule has 3 atom stereocenters. The summed E-state index contributed by atoms with van der Waals surface area (Å²) in [5.74, 6) is -2.06. The van der Waals surface area contributed by atoms with Crippen molar-refractivity contribution in [2.45, 2.75) is 65.3 Å². The monoisotopic (exact) mass is 518 g/mol. The predicted octanol–water partition coefficient (Wildman–Crippen LogP) is 6.02. The lowest BCUT2D eigenvalue weighted by Gasteiger charge is -2.30. The lowest BCUT2D eigenvalue weighted by Crippen LogP contribution is -2.46. The third-order valence-electron chi connectivity index (χ3n) is 6.16. The number of hydrogen-bond acceptors (Lipinski definition) is 5. The zero-order chi connectivity index (χ0) is 27.2. The van der Waals surface area contributed by atoms with Crippen molar-refractivity contribution in [3.05, 3.63) is 65.7 Å². The quantitative estimate of drug-likeness (QED) is 0.485. The number of ether oxygens (including phenoxy) is 3. The van der Waals surface area contributed by atoms with Crippen LogP contribution >= 0.6 is 0 Å². The van der Waals surface area contributed by atoms with Gasteiger partial charge in [0, 0.05) is 25.1 Å². The third-order valence-corrected chi connectivity index (χ3v) is 6.16. The molecule has 2 amide bonds. The van der Waals surface area contributed by atoms with Crippen molar-refractivity contribution >= 4 is 12.2 Å². The molecule has 0 unspecified atom stereocenters. The molecular formula is C28H36F2N2O5. The normalized spacial score (nSPS) is 20.6. The second-order valence-electron chi connectivity index (χ2n) is 9.86. The van der Waals surface area contributed by atoms with E-state index in [0.29, 0.717) is 19.5 Å². The lowest BCUT2D eigenvalue weighted by atomic mass is 10.0. The highest BCUT2D eigenvalue weighted by Crippen LogP contribution is 2.37. The molecule has 0 bridgehead atoms. The third kappa shape index (κ3) is 7.11. The topological polar surface area (TPSA) is 68.3 Å². The van der Waals surface area contributed by atoms with Gasteiger partial charge in [0.25, 0.3) is 0 Å². The summed E-state index contributed by atoms with van der Waals surface area (Å²) < 4.78 is 43.8. The van der Waals surface area contributed by atoms with Crippen molar-refractivity contribution in [2.75, 3.05) is 19.7 Å². The Balaban J connectivity index is 0.00000186. The fourth-order valence-corrected chi connectivity index (χ4v) is 4.67. The summed E-state index contributed by atoms with van der Waals surface area (Å²) >= 11 is 0. The van der Waals surface area contributed by atoms with Crippen molar-refractivity contribution in [3.8, 4) is 5.75 Å². The number of hydrogen-bond donors (Lipinski definition) is 0. The van der Waals surface area contributed by atoms with Crippen molar-refractivity contribution < 1.29 is 32.6 Å². The van der Waals surface area contributed by atoms with Gasteiger partial charge in [-0.05, 0) is 44.9 Å². The maximum absolute atomic E-state index is 13.6. The Labute approximate surface area is 217 Å². The largest absolute Gasteiger partial charge is 0.493 e. The number of fused-ring (bicyclic) bond motifs is 1. The van der Waals surface area contributed by atoms with Gasteiger partial charge in [-0.3, -0.25) is 0 Å². The molecule has 0 N–H and O–H groups in total. The number of carbonyl (C=O) groups is 2. The van der Waals surface area contributed by atoms with Gasteiger partial charge >= 0.3 is 12.2 Å². The Morgan fingerprint density at radius 1 is 0.973 bits per heavy atom. The van der Waals surface area contributed by atoms with Crippen LogP contribution in [0.25, 0.3) is 0 Å². The Bertz CT molecular complexity index is 1060. The number of likely N-dealkylation sites (tertiary alicyclic amines) is 2. The second kappa shape index (κ2) is 12.3. The predicted molar refractivity (Wildman–Crippen MR) is 135 cm³/mol. The van der Waals surface area contributed by atoms with Crippen molar-refractivity contribution in [2.24, 2.45) is 5.92 Å². The van der Waals surface area contributed by atoms with Crippen LogP contribution in [0.5, 0.6) is 5.75 Å². The van der Waals surface area contributed by atoms with Gasteiger partial charge in [0.1, 0.15) is 18.0 Å². The smallest absolute Gasteiger partial charge is 0.410 e. The molecule has 2 aliphatic rings. The first-order chi connectivity index (χ1) is 17.6. The van der Waals surface area contributed by atoms with Gasteiger partial charge in [-0.15, -0.1) is 0 Å². The molecule has 2 aliphatic heterocycles. The zero-order valence-electron chi connectivity index (χ0n) is 22.1. The van der Waals surface area contributed by atoms with Crippen LogP contribution in [0.1, 0.15) is 46.6 Å². The first-order valence-corrected chi connectivity index (χ1v) is 12.7. The summed E-state index contributed by atoms with van der Waals surface area (Å²) in [6, 6.07) is 12.1. The first-order valence-electron chi connectivity index (χ1n) is 12.7. The van der Waals surface area contributed by atoms with E-state index in [-0.39, 0.29) is 37.0 Å². The van der Waals surface area contributed by atoms with Gasteiger partial charge in [-0.2, -0.15) is 0 Å². The van der Waals surface area contributed by atoms with E-state index in [1.54, 1.807) is 30.6 Å². The van der Waals surface area contributed by atoms with Gasteiger partial charge in [-0.25, -0.2) is 18.4 Å². The van der Waals surface area contributed by atoms with Crippen LogP contribution in [0.2, 0.25) is 0 Å². The van der Waals surface area contributed by atoms with Gasteiger partial charge in [0.15, 0.2) is 11.6 Å². The van der Waals surface area contributed by atoms with Crippen molar-refractivity contribution in [1.29, 1.82) is 0 Å². The van der Waals surface area contributed by atoms with E-state index in [0.717, 1.165) is 17.7 Å². The van der Waals surface area contributed by atoms with E-state index in [4.69, 9.17) is 14.2 Å². The average Bonchev–Trinajstić information content (AvgIpc) is 3.45. The van der Waals surface area contributed by atoms with Crippen LogP contribution in [0.15, 0.2) is 48.5 Å². The number of halogens is 2. The molecule has 2 aromatic carbocycles. The minimum atomic E-state index is -1.01. The Morgan fingerprint density at radius 2 is 1.68 bits per heavy atom. The van der Waals surface area contributed by atoms with Crippen LogP contribution in [0, 0.1) is 17.6 Å². The molecule has 9 heteroatoms. The Morgan fingerprint density at radius 3 is 2.32 bits per heavy atom. The van der Waals surface area contributed by atoms with Gasteiger partial charge < -0.3 is 24.0 Å². The van der Waals surface area contributed by atoms with Crippen LogP contribution in [-0.2, 0) is 16.1 Å². The molecule has 0 spiro atoms. The van der Waals surface area contributed by atoms with Crippen LogP contribution in [-0.4, -0.2) is 59.4 Å². The molecule has 37 heavy (non-hydrogen) atoms. The maximum atomic E-state index is 13.6. The Kier molecular flexibility index (Phi) is 9.34. The van der Waals surface area contributed by atoms with E-state index >= 15 is 0 Å². The molecule has 0 saturated carbocycles. The number of rotatable bonds is 5. The Hall–Kier alpha value is -3.36. The number of carbonyl (C=O) groups excluding carboxylic acids is 2. The van der Waals surface area contributed by atoms with Crippen molar-refractivity contribution in [1.82, 2.24) is 9.80 Å². The summed E-state index contributed by atoms with van der Waals surface area (Å²) in [5, 5.41) is 0. The number of nitrogens with zero attached hydrogens (tertiary/aromatic N) is 2. The number of benzene rings is 2. The molecule has 2 aromatic rings. The van der Waals surface area contributed by atoms with Crippen LogP contribution in [0.4, 0.5) is 18.4 Å².